The van der Waals surface area contributed by atoms with E-state index in [-0.39, 0.29) is 22.1 Å². The van der Waals surface area contributed by atoms with Gasteiger partial charge in [-0.15, -0.1) is 0 Å². The largest absolute Gasteiger partial charge is 0.311 e. The Hall–Kier alpha value is -1.92. The van der Waals surface area contributed by atoms with E-state index >= 15 is 0 Å². The van der Waals surface area contributed by atoms with Crippen LogP contribution in [0.3, 0.4) is 0 Å². The third-order valence-corrected chi connectivity index (χ3v) is 4.91. The molecule has 110 valence electrons. The zero-order valence-corrected chi connectivity index (χ0v) is 12.6. The summed E-state index contributed by atoms with van der Waals surface area (Å²) < 4.78 is 24.3. The maximum Gasteiger partial charge on any atom is 0.226 e. The van der Waals surface area contributed by atoms with Crippen molar-refractivity contribution in [2.45, 2.75) is 11.3 Å². The molecular formula is C14H13ClN2O3S. The maximum atomic E-state index is 12.1. The zero-order valence-electron chi connectivity index (χ0n) is 11.0. The fourth-order valence-electron chi connectivity index (χ4n) is 1.68. The molecule has 0 aliphatic heterocycles. The summed E-state index contributed by atoms with van der Waals surface area (Å²) in [5.41, 5.74) is 0. The molecule has 1 amide bonds. The smallest absolute Gasteiger partial charge is 0.226 e. The average Bonchev–Trinajstić information content (AvgIpc) is 2.47. The average molecular weight is 325 g/mol. The van der Waals surface area contributed by atoms with Gasteiger partial charge in [0.15, 0.2) is 9.84 Å². The van der Waals surface area contributed by atoms with Crippen molar-refractivity contribution in [1.82, 2.24) is 4.98 Å². The number of hydrogen-bond acceptors (Lipinski definition) is 4. The molecular weight excluding hydrogens is 312 g/mol. The second kappa shape index (κ2) is 6.69. The van der Waals surface area contributed by atoms with Crippen molar-refractivity contribution in [3.05, 3.63) is 53.7 Å². The fraction of sp³-hybridized carbons (Fsp3) is 0.143. The lowest BCUT2D eigenvalue weighted by Crippen LogP contribution is -2.18. The van der Waals surface area contributed by atoms with E-state index in [0.717, 1.165) is 0 Å². The van der Waals surface area contributed by atoms with Crippen LogP contribution in [0.5, 0.6) is 0 Å². The Morgan fingerprint density at radius 2 is 1.86 bits per heavy atom. The van der Waals surface area contributed by atoms with Gasteiger partial charge in [0.1, 0.15) is 5.82 Å². The lowest BCUT2D eigenvalue weighted by Gasteiger charge is -2.07. The first-order chi connectivity index (χ1) is 9.99. The monoisotopic (exact) mass is 324 g/mol. The standard InChI is InChI=1S/C14H13ClN2O3S/c15-11-5-1-2-6-12(11)21(19,20)10-8-14(18)17-13-7-3-4-9-16-13/h1-7,9H,8,10H2,(H,16,17,18). The zero-order chi connectivity index (χ0) is 15.3. The van der Waals surface area contributed by atoms with Gasteiger partial charge in [-0.2, -0.15) is 0 Å². The second-order valence-corrected chi connectivity index (χ2v) is 6.75. The van der Waals surface area contributed by atoms with Gasteiger partial charge >= 0.3 is 0 Å². The minimum absolute atomic E-state index is 0.0392. The van der Waals surface area contributed by atoms with Crippen LogP contribution in [0, 0.1) is 0 Å². The fourth-order valence-corrected chi connectivity index (χ4v) is 3.49. The van der Waals surface area contributed by atoms with Crippen LogP contribution < -0.4 is 5.32 Å². The molecule has 0 unspecified atom stereocenters. The van der Waals surface area contributed by atoms with Crippen LogP contribution in [-0.4, -0.2) is 25.1 Å². The molecule has 0 aliphatic carbocycles. The van der Waals surface area contributed by atoms with E-state index in [1.54, 1.807) is 30.3 Å². The molecule has 1 aromatic heterocycles. The quantitative estimate of drug-likeness (QED) is 0.917. The van der Waals surface area contributed by atoms with E-state index in [2.05, 4.69) is 10.3 Å². The second-order valence-electron chi connectivity index (χ2n) is 4.26. The number of anilines is 1. The van der Waals surface area contributed by atoms with E-state index in [4.69, 9.17) is 11.6 Å². The summed E-state index contributed by atoms with van der Waals surface area (Å²) in [6, 6.07) is 11.2. The number of halogens is 1. The molecule has 21 heavy (non-hydrogen) atoms. The lowest BCUT2D eigenvalue weighted by molar-refractivity contribution is -0.115. The Morgan fingerprint density at radius 3 is 2.52 bits per heavy atom. The minimum atomic E-state index is -3.59. The summed E-state index contributed by atoms with van der Waals surface area (Å²) in [7, 11) is -3.59. The number of hydrogen-bond donors (Lipinski definition) is 1. The molecule has 1 N–H and O–H groups in total. The summed E-state index contributed by atoms with van der Waals surface area (Å²) in [4.78, 5) is 15.7. The predicted octanol–water partition coefficient (Wildman–Crippen LogP) is 2.54. The van der Waals surface area contributed by atoms with Crippen LogP contribution >= 0.6 is 11.6 Å². The third kappa shape index (κ3) is 4.27. The van der Waals surface area contributed by atoms with E-state index in [9.17, 15) is 13.2 Å². The highest BCUT2D eigenvalue weighted by Gasteiger charge is 2.19. The first kappa shape index (κ1) is 15.5. The lowest BCUT2D eigenvalue weighted by atomic mass is 10.4. The number of carbonyl (C=O) groups is 1. The number of pyridine rings is 1. The Balaban J connectivity index is 1.99. The van der Waals surface area contributed by atoms with Crippen LogP contribution in [0.25, 0.3) is 0 Å². The topological polar surface area (TPSA) is 76.1 Å². The number of aromatic nitrogens is 1. The van der Waals surface area contributed by atoms with Crippen LogP contribution in [0.2, 0.25) is 5.02 Å². The van der Waals surface area contributed by atoms with Gasteiger partial charge in [-0.3, -0.25) is 4.79 Å². The highest BCUT2D eigenvalue weighted by atomic mass is 35.5. The molecule has 7 heteroatoms. The number of carbonyl (C=O) groups excluding carboxylic acids is 1. The summed E-state index contributed by atoms with van der Waals surface area (Å²) >= 11 is 5.86. The van der Waals surface area contributed by atoms with Crippen LogP contribution in [0.4, 0.5) is 5.82 Å². The SMILES string of the molecule is O=C(CCS(=O)(=O)c1ccccc1Cl)Nc1ccccn1. The van der Waals surface area contributed by atoms with Crippen molar-refractivity contribution in [3.63, 3.8) is 0 Å². The summed E-state index contributed by atoms with van der Waals surface area (Å²) in [5, 5.41) is 2.69. The van der Waals surface area contributed by atoms with E-state index < -0.39 is 15.7 Å². The first-order valence-corrected chi connectivity index (χ1v) is 8.20. The van der Waals surface area contributed by atoms with Crippen LogP contribution in [0.1, 0.15) is 6.42 Å². The highest BCUT2D eigenvalue weighted by molar-refractivity contribution is 7.91. The van der Waals surface area contributed by atoms with Gasteiger partial charge < -0.3 is 5.32 Å². The van der Waals surface area contributed by atoms with Crippen molar-refractivity contribution >= 4 is 33.2 Å². The molecule has 0 atom stereocenters. The molecule has 1 aromatic carbocycles. The van der Waals surface area contributed by atoms with E-state index in [1.807, 2.05) is 0 Å². The molecule has 2 rings (SSSR count). The summed E-state index contributed by atoms with van der Waals surface area (Å²) in [6.45, 7) is 0. The van der Waals surface area contributed by atoms with Crippen LogP contribution in [0.15, 0.2) is 53.6 Å². The predicted molar refractivity (Wildman–Crippen MR) is 81.0 cm³/mol. The van der Waals surface area contributed by atoms with Gasteiger partial charge in [0.25, 0.3) is 0 Å². The van der Waals surface area contributed by atoms with Crippen molar-refractivity contribution in [2.24, 2.45) is 0 Å². The third-order valence-electron chi connectivity index (χ3n) is 2.70. The van der Waals surface area contributed by atoms with Crippen LogP contribution in [-0.2, 0) is 14.6 Å². The molecule has 0 spiro atoms. The Labute approximate surface area is 127 Å². The molecule has 5 nitrogen and oxygen atoms in total. The van der Waals surface area contributed by atoms with Crippen molar-refractivity contribution < 1.29 is 13.2 Å². The Kier molecular flexibility index (Phi) is 4.93. The number of nitrogens with one attached hydrogen (secondary N) is 1. The molecule has 0 bridgehead atoms. The van der Waals surface area contributed by atoms with Crippen molar-refractivity contribution in [2.75, 3.05) is 11.1 Å². The number of sulfone groups is 1. The van der Waals surface area contributed by atoms with Gasteiger partial charge in [0.2, 0.25) is 5.91 Å². The minimum Gasteiger partial charge on any atom is -0.311 e. The number of nitrogens with zero attached hydrogens (tertiary/aromatic N) is 1. The molecule has 0 saturated carbocycles. The summed E-state index contributed by atoms with van der Waals surface area (Å²) in [5.74, 6) is -0.336. The summed E-state index contributed by atoms with van der Waals surface area (Å²) in [6.07, 6.45) is 1.38. The molecule has 0 saturated heterocycles. The van der Waals surface area contributed by atoms with E-state index in [1.165, 1.54) is 18.3 Å². The molecule has 0 aliphatic rings. The Bertz CT molecular complexity index is 733. The Morgan fingerprint density at radius 1 is 1.14 bits per heavy atom. The van der Waals surface area contributed by atoms with E-state index in [0.29, 0.717) is 5.82 Å². The first-order valence-electron chi connectivity index (χ1n) is 6.17. The number of benzene rings is 1. The van der Waals surface area contributed by atoms with Gasteiger partial charge in [0, 0.05) is 12.6 Å². The molecule has 0 fully saturated rings. The van der Waals surface area contributed by atoms with Gasteiger partial charge in [-0.25, -0.2) is 13.4 Å². The maximum absolute atomic E-state index is 12.1. The van der Waals surface area contributed by atoms with Crippen molar-refractivity contribution in [1.29, 1.82) is 0 Å². The molecule has 0 radical (unpaired) electrons. The van der Waals surface area contributed by atoms with Gasteiger partial charge in [0.05, 0.1) is 15.7 Å². The molecule has 1 heterocycles. The van der Waals surface area contributed by atoms with Gasteiger partial charge in [-0.1, -0.05) is 29.8 Å². The molecule has 2 aromatic rings. The highest BCUT2D eigenvalue weighted by Crippen LogP contribution is 2.22. The number of rotatable bonds is 5. The number of amides is 1. The normalized spacial score (nSPS) is 11.1. The van der Waals surface area contributed by atoms with Crippen molar-refractivity contribution in [3.8, 4) is 0 Å². The van der Waals surface area contributed by atoms with Gasteiger partial charge in [-0.05, 0) is 24.3 Å².